The van der Waals surface area contributed by atoms with Gasteiger partial charge < -0.3 is 4.90 Å². The van der Waals surface area contributed by atoms with Crippen LogP contribution < -0.4 is 0 Å². The zero-order chi connectivity index (χ0) is 23.4. The van der Waals surface area contributed by atoms with E-state index in [1.165, 1.54) is 4.90 Å². The van der Waals surface area contributed by atoms with Gasteiger partial charge in [-0.1, -0.05) is 60.2 Å². The molecule has 6 heteroatoms. The van der Waals surface area contributed by atoms with E-state index in [0.29, 0.717) is 12.1 Å². The van der Waals surface area contributed by atoms with Crippen molar-refractivity contribution in [2.24, 2.45) is 0 Å². The first-order valence-electron chi connectivity index (χ1n) is 11.0. The summed E-state index contributed by atoms with van der Waals surface area (Å²) in [5.74, 6) is -0.770. The number of amides is 3. The minimum absolute atomic E-state index is 0.0228. The molecule has 1 aliphatic heterocycles. The number of pyridine rings is 1. The van der Waals surface area contributed by atoms with Crippen molar-refractivity contribution < 1.29 is 14.4 Å². The highest BCUT2D eigenvalue weighted by atomic mass is 16.2. The predicted molar refractivity (Wildman–Crippen MR) is 125 cm³/mol. The molecule has 4 rings (SSSR count). The second kappa shape index (κ2) is 9.36. The van der Waals surface area contributed by atoms with Crippen LogP contribution in [0.1, 0.15) is 35.1 Å². The summed E-state index contributed by atoms with van der Waals surface area (Å²) in [6.07, 6.45) is 3.19. The number of imide groups is 1. The summed E-state index contributed by atoms with van der Waals surface area (Å²) < 4.78 is 0. The molecule has 1 aromatic heterocycles. The normalized spacial score (nSPS) is 17.9. The second-order valence-electron chi connectivity index (χ2n) is 8.68. The summed E-state index contributed by atoms with van der Waals surface area (Å²) in [7, 11) is 1.73. The molecule has 1 aliphatic rings. The van der Waals surface area contributed by atoms with Crippen LogP contribution in [-0.4, -0.2) is 39.6 Å². The topological polar surface area (TPSA) is 70.6 Å². The molecule has 168 valence electrons. The summed E-state index contributed by atoms with van der Waals surface area (Å²) in [6, 6.07) is 20.8. The van der Waals surface area contributed by atoms with Crippen LogP contribution in [0.4, 0.5) is 0 Å². The summed E-state index contributed by atoms with van der Waals surface area (Å²) >= 11 is 0. The van der Waals surface area contributed by atoms with Crippen molar-refractivity contribution in [2.45, 2.75) is 38.3 Å². The van der Waals surface area contributed by atoms with Gasteiger partial charge in [0.05, 0.1) is 12.0 Å². The zero-order valence-electron chi connectivity index (χ0n) is 18.9. The molecule has 1 atom stereocenters. The van der Waals surface area contributed by atoms with Gasteiger partial charge in [0, 0.05) is 38.8 Å². The Bertz CT molecular complexity index is 1150. The molecule has 0 saturated carbocycles. The first-order valence-corrected chi connectivity index (χ1v) is 11.0. The number of carbonyl (C=O) groups is 3. The predicted octanol–water partition coefficient (Wildman–Crippen LogP) is 3.64. The fourth-order valence-corrected chi connectivity index (χ4v) is 4.30. The first-order chi connectivity index (χ1) is 15.9. The highest BCUT2D eigenvalue weighted by Gasteiger charge is 2.53. The van der Waals surface area contributed by atoms with Crippen LogP contribution in [0.15, 0.2) is 79.1 Å². The monoisotopic (exact) mass is 441 g/mol. The SMILES string of the molecule is Cc1ccc(CN(C)C(=O)CC2(c3ccccc3)CC(=O)N(Cc3ccncc3)C2=O)cc1. The largest absolute Gasteiger partial charge is 0.341 e. The Kier molecular flexibility index (Phi) is 6.36. The minimum Gasteiger partial charge on any atom is -0.341 e. The molecule has 1 unspecified atom stereocenters. The maximum atomic E-state index is 13.7. The Balaban J connectivity index is 1.60. The summed E-state index contributed by atoms with van der Waals surface area (Å²) in [6.45, 7) is 2.62. The van der Waals surface area contributed by atoms with Gasteiger partial charge in [-0.2, -0.15) is 0 Å². The first kappa shape index (κ1) is 22.4. The van der Waals surface area contributed by atoms with E-state index in [4.69, 9.17) is 0 Å². The number of rotatable bonds is 7. The van der Waals surface area contributed by atoms with Crippen LogP contribution >= 0.6 is 0 Å². The van der Waals surface area contributed by atoms with Crippen molar-refractivity contribution in [3.63, 3.8) is 0 Å². The van der Waals surface area contributed by atoms with Crippen molar-refractivity contribution in [2.75, 3.05) is 7.05 Å². The number of carbonyl (C=O) groups excluding carboxylic acids is 3. The maximum Gasteiger partial charge on any atom is 0.241 e. The third-order valence-corrected chi connectivity index (χ3v) is 6.24. The number of hydrogen-bond acceptors (Lipinski definition) is 4. The average molecular weight is 442 g/mol. The van der Waals surface area contributed by atoms with Gasteiger partial charge in [0.15, 0.2) is 0 Å². The third-order valence-electron chi connectivity index (χ3n) is 6.24. The molecule has 0 spiro atoms. The molecular formula is C27H27N3O3. The van der Waals surface area contributed by atoms with E-state index in [0.717, 1.165) is 16.7 Å². The van der Waals surface area contributed by atoms with Gasteiger partial charge in [0.25, 0.3) is 0 Å². The van der Waals surface area contributed by atoms with Crippen LogP contribution in [0, 0.1) is 6.92 Å². The van der Waals surface area contributed by atoms with Crippen molar-refractivity contribution in [1.29, 1.82) is 0 Å². The molecule has 3 aromatic rings. The Hall–Kier alpha value is -3.80. The summed E-state index contributed by atoms with van der Waals surface area (Å²) in [5, 5.41) is 0. The standard InChI is InChI=1S/C27H27N3O3/c1-20-8-10-21(11-9-20)18-29(2)24(31)16-27(23-6-4-3-5-7-23)17-25(32)30(26(27)33)19-22-12-14-28-15-13-22/h3-15H,16-19H2,1-2H3. The lowest BCUT2D eigenvalue weighted by atomic mass is 9.75. The van der Waals surface area contributed by atoms with Crippen LogP contribution in [0.25, 0.3) is 0 Å². The number of benzene rings is 2. The number of nitrogens with zero attached hydrogens (tertiary/aromatic N) is 3. The van der Waals surface area contributed by atoms with Gasteiger partial charge in [-0.25, -0.2) is 0 Å². The Morgan fingerprint density at radius 2 is 1.64 bits per heavy atom. The number of likely N-dealkylation sites (tertiary alicyclic amines) is 1. The molecule has 33 heavy (non-hydrogen) atoms. The number of aryl methyl sites for hydroxylation is 1. The molecule has 0 radical (unpaired) electrons. The van der Waals surface area contributed by atoms with Gasteiger partial charge in [0.1, 0.15) is 0 Å². The average Bonchev–Trinajstić information content (AvgIpc) is 3.06. The molecule has 0 aliphatic carbocycles. The fourth-order valence-electron chi connectivity index (χ4n) is 4.30. The van der Waals surface area contributed by atoms with Crippen molar-refractivity contribution >= 4 is 17.7 Å². The molecule has 3 amide bonds. The van der Waals surface area contributed by atoms with Gasteiger partial charge >= 0.3 is 0 Å². The lowest BCUT2D eigenvalue weighted by Crippen LogP contribution is -2.42. The fraction of sp³-hybridized carbons (Fsp3) is 0.259. The van der Waals surface area contributed by atoms with Gasteiger partial charge in [-0.3, -0.25) is 24.3 Å². The third kappa shape index (κ3) is 4.70. The van der Waals surface area contributed by atoms with Crippen molar-refractivity contribution in [1.82, 2.24) is 14.8 Å². The van der Waals surface area contributed by atoms with Crippen molar-refractivity contribution in [3.8, 4) is 0 Å². The molecule has 0 N–H and O–H groups in total. The molecule has 1 fully saturated rings. The highest BCUT2D eigenvalue weighted by Crippen LogP contribution is 2.40. The molecule has 1 saturated heterocycles. The van der Waals surface area contributed by atoms with Crippen molar-refractivity contribution in [3.05, 3.63) is 101 Å². The molecule has 0 bridgehead atoms. The van der Waals surface area contributed by atoms with Crippen LogP contribution in [0.5, 0.6) is 0 Å². The van der Waals surface area contributed by atoms with E-state index < -0.39 is 5.41 Å². The molecule has 2 aromatic carbocycles. The lowest BCUT2D eigenvalue weighted by molar-refractivity contribution is -0.143. The Morgan fingerprint density at radius 3 is 2.30 bits per heavy atom. The van der Waals surface area contributed by atoms with E-state index in [-0.39, 0.29) is 37.1 Å². The molecule has 2 heterocycles. The Morgan fingerprint density at radius 1 is 0.970 bits per heavy atom. The summed E-state index contributed by atoms with van der Waals surface area (Å²) in [4.78, 5) is 46.9. The van der Waals surface area contributed by atoms with E-state index >= 15 is 0 Å². The number of hydrogen-bond donors (Lipinski definition) is 0. The van der Waals surface area contributed by atoms with E-state index in [1.807, 2.05) is 61.5 Å². The van der Waals surface area contributed by atoms with Crippen LogP contribution in [-0.2, 0) is 32.9 Å². The van der Waals surface area contributed by atoms with Gasteiger partial charge in [-0.05, 0) is 35.7 Å². The molecule has 6 nitrogen and oxygen atoms in total. The summed E-state index contributed by atoms with van der Waals surface area (Å²) in [5.41, 5.74) is 2.47. The van der Waals surface area contributed by atoms with Gasteiger partial charge in [0.2, 0.25) is 17.7 Å². The maximum absolute atomic E-state index is 13.7. The Labute approximate surface area is 193 Å². The quantitative estimate of drug-likeness (QED) is 0.525. The smallest absolute Gasteiger partial charge is 0.241 e. The minimum atomic E-state index is -1.20. The second-order valence-corrected chi connectivity index (χ2v) is 8.68. The van der Waals surface area contributed by atoms with E-state index in [9.17, 15) is 14.4 Å². The van der Waals surface area contributed by atoms with Crippen LogP contribution in [0.3, 0.4) is 0 Å². The highest BCUT2D eigenvalue weighted by molar-refractivity contribution is 6.10. The van der Waals surface area contributed by atoms with Gasteiger partial charge in [-0.15, -0.1) is 0 Å². The zero-order valence-corrected chi connectivity index (χ0v) is 18.9. The molecular weight excluding hydrogens is 414 g/mol. The van der Waals surface area contributed by atoms with Crippen LogP contribution in [0.2, 0.25) is 0 Å². The van der Waals surface area contributed by atoms with E-state index in [1.54, 1.807) is 36.5 Å². The van der Waals surface area contributed by atoms with E-state index in [2.05, 4.69) is 4.98 Å². The lowest BCUT2D eigenvalue weighted by Gasteiger charge is -2.29. The number of aromatic nitrogens is 1.